The van der Waals surface area contributed by atoms with Crippen LogP contribution in [-0.2, 0) is 19.2 Å². The van der Waals surface area contributed by atoms with Gasteiger partial charge in [0.05, 0.1) is 5.25 Å². The molecule has 0 aliphatic carbocycles. The van der Waals surface area contributed by atoms with Gasteiger partial charge in [0.25, 0.3) is 0 Å². The van der Waals surface area contributed by atoms with Crippen molar-refractivity contribution in [2.24, 2.45) is 0 Å². The Labute approximate surface area is 109 Å². The van der Waals surface area contributed by atoms with Gasteiger partial charge in [-0.05, 0) is 13.3 Å². The third-order valence-electron chi connectivity index (χ3n) is 2.61. The minimum absolute atomic E-state index is 0.229. The number of carboxylic acid groups (broad SMARTS) is 1. The van der Waals surface area contributed by atoms with Crippen molar-refractivity contribution in [1.82, 2.24) is 10.6 Å². The van der Waals surface area contributed by atoms with E-state index in [2.05, 4.69) is 23.3 Å². The zero-order valence-corrected chi connectivity index (χ0v) is 10.6. The molecule has 1 fully saturated rings. The molecular formula is C10H14N2O5S. The van der Waals surface area contributed by atoms with Crippen LogP contribution in [0, 0.1) is 0 Å². The van der Waals surface area contributed by atoms with Crippen molar-refractivity contribution < 1.29 is 24.3 Å². The maximum Gasteiger partial charge on any atom is 0.327 e. The van der Waals surface area contributed by atoms with Crippen LogP contribution in [0.5, 0.6) is 0 Å². The smallest absolute Gasteiger partial charge is 0.327 e. The molecule has 7 nitrogen and oxygen atoms in total. The lowest BCUT2D eigenvalue weighted by molar-refractivity contribution is -0.143. The van der Waals surface area contributed by atoms with Gasteiger partial charge in [0, 0.05) is 6.42 Å². The van der Waals surface area contributed by atoms with Crippen molar-refractivity contribution in [2.75, 3.05) is 0 Å². The topological polar surface area (TPSA) is 113 Å². The van der Waals surface area contributed by atoms with Crippen LogP contribution in [0.25, 0.3) is 0 Å². The molecule has 18 heavy (non-hydrogen) atoms. The number of carbonyl (C=O) groups is 4. The van der Waals surface area contributed by atoms with Gasteiger partial charge in [-0.1, -0.05) is 0 Å². The van der Waals surface area contributed by atoms with Crippen molar-refractivity contribution in [2.45, 2.75) is 37.1 Å². The average molecular weight is 274 g/mol. The van der Waals surface area contributed by atoms with Crippen LogP contribution < -0.4 is 10.6 Å². The van der Waals surface area contributed by atoms with E-state index in [1.165, 1.54) is 6.92 Å². The Bertz CT molecular complexity index is 398. The highest BCUT2D eigenvalue weighted by atomic mass is 32.1. The molecule has 1 aliphatic heterocycles. The summed E-state index contributed by atoms with van der Waals surface area (Å²) in [5, 5.41) is 12.4. The average Bonchev–Trinajstić information content (AvgIpc) is 2.71. The van der Waals surface area contributed by atoms with E-state index in [1.54, 1.807) is 0 Å². The summed E-state index contributed by atoms with van der Waals surface area (Å²) in [5.74, 6) is -2.67. The summed E-state index contributed by atoms with van der Waals surface area (Å²) in [6.45, 7) is 1.19. The van der Waals surface area contributed by atoms with E-state index in [0.717, 1.165) is 0 Å². The van der Waals surface area contributed by atoms with Crippen LogP contribution in [0.2, 0.25) is 0 Å². The van der Waals surface area contributed by atoms with E-state index < -0.39 is 35.0 Å². The molecule has 3 N–H and O–H groups in total. The van der Waals surface area contributed by atoms with Gasteiger partial charge in [-0.15, -0.1) is 0 Å². The SMILES string of the molecule is CC(=O)C(S)[C@@H](NC(=O)[C@@H]1CCC(=O)N1)C(=O)O. The molecule has 1 saturated heterocycles. The number of hydrogen-bond acceptors (Lipinski definition) is 5. The van der Waals surface area contributed by atoms with Crippen LogP contribution in [0.3, 0.4) is 0 Å². The Morgan fingerprint density at radius 2 is 2.11 bits per heavy atom. The Kier molecular flexibility index (Phi) is 4.71. The van der Waals surface area contributed by atoms with Crippen molar-refractivity contribution >= 4 is 36.2 Å². The number of carboxylic acids is 1. The van der Waals surface area contributed by atoms with Gasteiger partial charge >= 0.3 is 5.97 Å². The van der Waals surface area contributed by atoms with Gasteiger partial charge in [0.15, 0.2) is 0 Å². The van der Waals surface area contributed by atoms with E-state index >= 15 is 0 Å². The summed E-state index contributed by atoms with van der Waals surface area (Å²) in [6, 6.07) is -2.15. The molecule has 0 saturated carbocycles. The highest BCUT2D eigenvalue weighted by Gasteiger charge is 2.34. The normalized spacial score (nSPS) is 21.9. The number of ketones is 1. The van der Waals surface area contributed by atoms with E-state index in [-0.39, 0.29) is 12.3 Å². The second-order valence-electron chi connectivity index (χ2n) is 4.04. The Hall–Kier alpha value is -1.57. The molecule has 0 aromatic rings. The maximum absolute atomic E-state index is 11.7. The summed E-state index contributed by atoms with van der Waals surface area (Å²) in [6.07, 6.45) is 0.543. The van der Waals surface area contributed by atoms with E-state index in [0.29, 0.717) is 6.42 Å². The summed E-state index contributed by atoms with van der Waals surface area (Å²) in [4.78, 5) is 44.7. The Morgan fingerprint density at radius 1 is 1.50 bits per heavy atom. The summed E-state index contributed by atoms with van der Waals surface area (Å²) < 4.78 is 0. The summed E-state index contributed by atoms with van der Waals surface area (Å²) in [7, 11) is 0. The summed E-state index contributed by atoms with van der Waals surface area (Å²) >= 11 is 3.86. The number of aliphatic carboxylic acids is 1. The van der Waals surface area contributed by atoms with Gasteiger partial charge in [-0.3, -0.25) is 14.4 Å². The van der Waals surface area contributed by atoms with Gasteiger partial charge in [0.2, 0.25) is 11.8 Å². The first kappa shape index (κ1) is 14.5. The van der Waals surface area contributed by atoms with E-state index in [9.17, 15) is 19.2 Å². The Morgan fingerprint density at radius 3 is 2.50 bits per heavy atom. The minimum Gasteiger partial charge on any atom is -0.480 e. The molecule has 1 rings (SSSR count). The zero-order valence-electron chi connectivity index (χ0n) is 9.67. The quantitative estimate of drug-likeness (QED) is 0.467. The first-order valence-electron chi connectivity index (χ1n) is 5.34. The second kappa shape index (κ2) is 5.85. The predicted molar refractivity (Wildman–Crippen MR) is 64.2 cm³/mol. The zero-order chi connectivity index (χ0) is 13.9. The van der Waals surface area contributed by atoms with Crippen molar-refractivity contribution in [3.05, 3.63) is 0 Å². The number of Topliss-reactive ketones (excluding diaryl/α,β-unsaturated/α-hetero) is 1. The fraction of sp³-hybridized carbons (Fsp3) is 0.600. The molecule has 0 radical (unpaired) electrons. The molecular weight excluding hydrogens is 260 g/mol. The van der Waals surface area contributed by atoms with Crippen LogP contribution in [-0.4, -0.2) is 46.0 Å². The fourth-order valence-electron chi connectivity index (χ4n) is 1.58. The van der Waals surface area contributed by atoms with Crippen LogP contribution in [0.15, 0.2) is 0 Å². The summed E-state index contributed by atoms with van der Waals surface area (Å²) in [5.41, 5.74) is 0. The minimum atomic E-state index is -1.41. The van der Waals surface area contributed by atoms with Gasteiger partial charge < -0.3 is 15.7 Å². The van der Waals surface area contributed by atoms with Crippen molar-refractivity contribution in [1.29, 1.82) is 0 Å². The molecule has 3 atom stereocenters. The van der Waals surface area contributed by atoms with Crippen LogP contribution >= 0.6 is 12.6 Å². The molecule has 0 bridgehead atoms. The number of hydrogen-bond donors (Lipinski definition) is 4. The fourth-order valence-corrected chi connectivity index (χ4v) is 1.78. The predicted octanol–water partition coefficient (Wildman–Crippen LogP) is -1.28. The van der Waals surface area contributed by atoms with Crippen LogP contribution in [0.1, 0.15) is 19.8 Å². The second-order valence-corrected chi connectivity index (χ2v) is 4.60. The highest BCUT2D eigenvalue weighted by molar-refractivity contribution is 7.82. The third kappa shape index (κ3) is 3.46. The molecule has 8 heteroatoms. The maximum atomic E-state index is 11.7. The Balaban J connectivity index is 2.66. The lowest BCUT2D eigenvalue weighted by Gasteiger charge is -2.20. The molecule has 2 amide bonds. The largest absolute Gasteiger partial charge is 0.480 e. The molecule has 1 heterocycles. The standard InChI is InChI=1S/C10H14N2O5S/c1-4(13)8(18)7(10(16)17)12-9(15)5-2-3-6(14)11-5/h5,7-8,18H,2-3H2,1H3,(H,11,14)(H,12,15)(H,16,17)/t5-,7+,8?/m0/s1. The van der Waals surface area contributed by atoms with Gasteiger partial charge in [-0.2, -0.15) is 12.6 Å². The lowest BCUT2D eigenvalue weighted by atomic mass is 10.1. The molecule has 1 unspecified atom stereocenters. The van der Waals surface area contributed by atoms with E-state index in [4.69, 9.17) is 5.11 Å². The number of thiol groups is 1. The molecule has 0 aromatic heterocycles. The number of rotatable bonds is 5. The molecule has 0 aromatic carbocycles. The lowest BCUT2D eigenvalue weighted by Crippen LogP contribution is -2.53. The first-order chi connectivity index (χ1) is 8.32. The molecule has 0 spiro atoms. The first-order valence-corrected chi connectivity index (χ1v) is 5.85. The van der Waals surface area contributed by atoms with Crippen LogP contribution in [0.4, 0.5) is 0 Å². The molecule has 1 aliphatic rings. The van der Waals surface area contributed by atoms with Crippen molar-refractivity contribution in [3.8, 4) is 0 Å². The molecule has 100 valence electrons. The number of nitrogens with one attached hydrogen (secondary N) is 2. The number of amides is 2. The van der Waals surface area contributed by atoms with Crippen molar-refractivity contribution in [3.63, 3.8) is 0 Å². The van der Waals surface area contributed by atoms with E-state index in [1.807, 2.05) is 0 Å². The number of carbonyl (C=O) groups excluding carboxylic acids is 3. The highest BCUT2D eigenvalue weighted by Crippen LogP contribution is 2.09. The third-order valence-corrected chi connectivity index (χ3v) is 3.27. The van der Waals surface area contributed by atoms with Gasteiger partial charge in [0.1, 0.15) is 17.9 Å². The monoisotopic (exact) mass is 274 g/mol. The van der Waals surface area contributed by atoms with Gasteiger partial charge in [-0.25, -0.2) is 4.79 Å².